The summed E-state index contributed by atoms with van der Waals surface area (Å²) < 4.78 is 0. The molecule has 1 N–H and O–H groups in total. The van der Waals surface area contributed by atoms with E-state index in [0.29, 0.717) is 0 Å². The molecular formula is C12H27N. The van der Waals surface area contributed by atoms with Gasteiger partial charge in [-0.15, -0.1) is 0 Å². The second-order valence-electron chi connectivity index (χ2n) is 4.75. The van der Waals surface area contributed by atoms with E-state index in [4.69, 9.17) is 0 Å². The Morgan fingerprint density at radius 1 is 1.00 bits per heavy atom. The molecule has 0 saturated heterocycles. The molecule has 0 fully saturated rings. The van der Waals surface area contributed by atoms with Gasteiger partial charge >= 0.3 is 0 Å². The maximum absolute atomic E-state index is 3.49. The summed E-state index contributed by atoms with van der Waals surface area (Å²) in [6, 6.07) is 0. The van der Waals surface area contributed by atoms with Gasteiger partial charge in [0.05, 0.1) is 0 Å². The Kier molecular flexibility index (Phi) is 7.35. The summed E-state index contributed by atoms with van der Waals surface area (Å²) in [7, 11) is 0. The zero-order chi connectivity index (χ0) is 10.3. The van der Waals surface area contributed by atoms with Crippen LogP contribution in [-0.4, -0.2) is 13.1 Å². The SMILES string of the molecule is CCC(C)C(C)CCNCC(C)C. The summed E-state index contributed by atoms with van der Waals surface area (Å²) in [5.74, 6) is 2.52. The molecule has 2 atom stereocenters. The molecule has 0 rings (SSSR count). The third-order valence-corrected chi connectivity index (χ3v) is 2.94. The fourth-order valence-corrected chi connectivity index (χ4v) is 1.41. The molecule has 2 unspecified atom stereocenters. The van der Waals surface area contributed by atoms with Gasteiger partial charge in [-0.3, -0.25) is 0 Å². The van der Waals surface area contributed by atoms with Crippen LogP contribution in [0.3, 0.4) is 0 Å². The third kappa shape index (κ3) is 7.06. The molecule has 0 spiro atoms. The van der Waals surface area contributed by atoms with E-state index in [2.05, 4.69) is 39.9 Å². The van der Waals surface area contributed by atoms with Crippen molar-refractivity contribution < 1.29 is 0 Å². The van der Waals surface area contributed by atoms with E-state index in [-0.39, 0.29) is 0 Å². The molecule has 1 heteroatoms. The van der Waals surface area contributed by atoms with Crippen molar-refractivity contribution in [3.05, 3.63) is 0 Å². The van der Waals surface area contributed by atoms with Crippen molar-refractivity contribution in [2.24, 2.45) is 17.8 Å². The maximum atomic E-state index is 3.49. The van der Waals surface area contributed by atoms with Crippen LogP contribution in [0.15, 0.2) is 0 Å². The Balaban J connectivity index is 3.31. The lowest BCUT2D eigenvalue weighted by atomic mass is 9.91. The van der Waals surface area contributed by atoms with E-state index in [1.807, 2.05) is 0 Å². The van der Waals surface area contributed by atoms with Gasteiger partial charge in [0.1, 0.15) is 0 Å². The summed E-state index contributed by atoms with van der Waals surface area (Å²) in [6.07, 6.45) is 2.63. The molecule has 0 aliphatic carbocycles. The van der Waals surface area contributed by atoms with Crippen molar-refractivity contribution in [2.45, 2.75) is 47.5 Å². The van der Waals surface area contributed by atoms with Gasteiger partial charge in [0.2, 0.25) is 0 Å². The van der Waals surface area contributed by atoms with Gasteiger partial charge in [0.25, 0.3) is 0 Å². The molecule has 0 saturated carbocycles. The zero-order valence-electron chi connectivity index (χ0n) is 10.1. The van der Waals surface area contributed by atoms with Crippen LogP contribution < -0.4 is 5.32 Å². The van der Waals surface area contributed by atoms with Crippen molar-refractivity contribution in [3.8, 4) is 0 Å². The Morgan fingerprint density at radius 3 is 2.08 bits per heavy atom. The Bertz CT molecular complexity index is 110. The number of nitrogens with one attached hydrogen (secondary N) is 1. The Hall–Kier alpha value is -0.0400. The van der Waals surface area contributed by atoms with Crippen molar-refractivity contribution in [3.63, 3.8) is 0 Å². The largest absolute Gasteiger partial charge is 0.316 e. The zero-order valence-corrected chi connectivity index (χ0v) is 10.1. The first-order valence-corrected chi connectivity index (χ1v) is 5.78. The molecule has 1 nitrogen and oxygen atoms in total. The fourth-order valence-electron chi connectivity index (χ4n) is 1.41. The minimum atomic E-state index is 0.777. The van der Waals surface area contributed by atoms with Crippen LogP contribution in [0.5, 0.6) is 0 Å². The van der Waals surface area contributed by atoms with Crippen LogP contribution in [-0.2, 0) is 0 Å². The maximum Gasteiger partial charge on any atom is -0.00258 e. The van der Waals surface area contributed by atoms with Gasteiger partial charge < -0.3 is 5.32 Å². The lowest BCUT2D eigenvalue weighted by Crippen LogP contribution is -2.23. The van der Waals surface area contributed by atoms with Gasteiger partial charge in [0, 0.05) is 0 Å². The summed E-state index contributed by atoms with van der Waals surface area (Å²) >= 11 is 0. The number of rotatable bonds is 7. The van der Waals surface area contributed by atoms with Crippen molar-refractivity contribution in [1.29, 1.82) is 0 Å². The van der Waals surface area contributed by atoms with Crippen LogP contribution in [0.2, 0.25) is 0 Å². The van der Waals surface area contributed by atoms with E-state index >= 15 is 0 Å². The van der Waals surface area contributed by atoms with E-state index in [0.717, 1.165) is 24.3 Å². The molecule has 0 aromatic heterocycles. The second kappa shape index (κ2) is 7.37. The van der Waals surface area contributed by atoms with Gasteiger partial charge in [-0.25, -0.2) is 0 Å². The second-order valence-corrected chi connectivity index (χ2v) is 4.75. The van der Waals surface area contributed by atoms with Gasteiger partial charge in [-0.1, -0.05) is 41.0 Å². The molecule has 0 heterocycles. The van der Waals surface area contributed by atoms with E-state index < -0.39 is 0 Å². The molecule has 0 radical (unpaired) electrons. The van der Waals surface area contributed by atoms with Gasteiger partial charge in [0.15, 0.2) is 0 Å². The molecule has 0 amide bonds. The highest BCUT2D eigenvalue weighted by Crippen LogP contribution is 2.17. The van der Waals surface area contributed by atoms with Crippen LogP contribution in [0.1, 0.15) is 47.5 Å². The van der Waals surface area contributed by atoms with Gasteiger partial charge in [-0.2, -0.15) is 0 Å². The molecule has 0 aromatic carbocycles. The predicted octanol–water partition coefficient (Wildman–Crippen LogP) is 3.30. The average Bonchev–Trinajstić information content (AvgIpc) is 2.10. The fraction of sp³-hybridized carbons (Fsp3) is 1.00. The van der Waals surface area contributed by atoms with Crippen LogP contribution in [0, 0.1) is 17.8 Å². The van der Waals surface area contributed by atoms with Gasteiger partial charge in [-0.05, 0) is 37.3 Å². The smallest absolute Gasteiger partial charge is 0.00258 e. The summed E-state index contributed by atoms with van der Waals surface area (Å²) in [5, 5.41) is 3.49. The van der Waals surface area contributed by atoms with Crippen molar-refractivity contribution >= 4 is 0 Å². The van der Waals surface area contributed by atoms with Crippen LogP contribution >= 0.6 is 0 Å². The summed E-state index contributed by atoms with van der Waals surface area (Å²) in [6.45, 7) is 13.9. The highest BCUT2D eigenvalue weighted by molar-refractivity contribution is 4.62. The lowest BCUT2D eigenvalue weighted by Gasteiger charge is -2.18. The molecule has 0 aromatic rings. The third-order valence-electron chi connectivity index (χ3n) is 2.94. The predicted molar refractivity (Wildman–Crippen MR) is 60.9 cm³/mol. The topological polar surface area (TPSA) is 12.0 Å². The standard InChI is InChI=1S/C12H27N/c1-6-11(4)12(5)7-8-13-9-10(2)3/h10-13H,6-9H2,1-5H3. The van der Waals surface area contributed by atoms with E-state index in [1.54, 1.807) is 0 Å². The quantitative estimate of drug-likeness (QED) is 0.600. The molecular weight excluding hydrogens is 158 g/mol. The normalized spacial score (nSPS) is 16.2. The van der Waals surface area contributed by atoms with Crippen molar-refractivity contribution in [1.82, 2.24) is 5.32 Å². The highest BCUT2D eigenvalue weighted by Gasteiger charge is 2.08. The van der Waals surface area contributed by atoms with Crippen molar-refractivity contribution in [2.75, 3.05) is 13.1 Å². The first-order chi connectivity index (χ1) is 6.07. The minimum Gasteiger partial charge on any atom is -0.316 e. The average molecular weight is 185 g/mol. The molecule has 0 aliphatic heterocycles. The van der Waals surface area contributed by atoms with Crippen LogP contribution in [0.25, 0.3) is 0 Å². The molecule has 0 bridgehead atoms. The summed E-state index contributed by atoms with van der Waals surface area (Å²) in [5.41, 5.74) is 0. The first kappa shape index (κ1) is 13.0. The Morgan fingerprint density at radius 2 is 1.62 bits per heavy atom. The lowest BCUT2D eigenvalue weighted by molar-refractivity contribution is 0.346. The van der Waals surface area contributed by atoms with Crippen LogP contribution in [0.4, 0.5) is 0 Å². The first-order valence-electron chi connectivity index (χ1n) is 5.78. The Labute approximate surface area is 84.3 Å². The number of hydrogen-bond acceptors (Lipinski definition) is 1. The summed E-state index contributed by atoms with van der Waals surface area (Å²) in [4.78, 5) is 0. The van der Waals surface area contributed by atoms with E-state index in [9.17, 15) is 0 Å². The molecule has 0 aliphatic rings. The molecule has 80 valence electrons. The monoisotopic (exact) mass is 185 g/mol. The van der Waals surface area contributed by atoms with E-state index in [1.165, 1.54) is 19.4 Å². The highest BCUT2D eigenvalue weighted by atomic mass is 14.8. The molecule has 13 heavy (non-hydrogen) atoms. The number of hydrogen-bond donors (Lipinski definition) is 1. The minimum absolute atomic E-state index is 0.777.